The van der Waals surface area contributed by atoms with Crippen molar-refractivity contribution in [1.29, 1.82) is 0 Å². The number of benzene rings is 1. The molecule has 1 aliphatic rings. The predicted octanol–water partition coefficient (Wildman–Crippen LogP) is 4.19. The summed E-state index contributed by atoms with van der Waals surface area (Å²) in [5.74, 6) is 1.13. The average Bonchev–Trinajstić information content (AvgIpc) is 2.52. The van der Waals surface area contributed by atoms with Crippen molar-refractivity contribution in [3.8, 4) is 5.75 Å². The molecule has 3 rings (SSSR count). The third-order valence-corrected chi connectivity index (χ3v) is 4.93. The maximum Gasteiger partial charge on any atom is 0.230 e. The molecule has 0 N–H and O–H groups in total. The Kier molecular flexibility index (Phi) is 4.96. The lowest BCUT2D eigenvalue weighted by Gasteiger charge is -2.32. The maximum atomic E-state index is 12.9. The molecule has 0 radical (unpaired) electrons. The van der Waals surface area contributed by atoms with Crippen molar-refractivity contribution >= 4 is 27.5 Å². The second-order valence-corrected chi connectivity index (χ2v) is 6.58. The molecule has 5 heteroatoms. The van der Waals surface area contributed by atoms with E-state index in [9.17, 15) is 4.79 Å². The van der Waals surface area contributed by atoms with Crippen molar-refractivity contribution in [3.63, 3.8) is 0 Å². The summed E-state index contributed by atoms with van der Waals surface area (Å²) in [6.07, 6.45) is 6.56. The molecule has 0 atom stereocenters. The molecule has 0 unspecified atom stereocenters. The zero-order valence-electron chi connectivity index (χ0n) is 13.0. The van der Waals surface area contributed by atoms with E-state index in [0.29, 0.717) is 6.54 Å². The van der Waals surface area contributed by atoms with E-state index in [1.165, 1.54) is 0 Å². The van der Waals surface area contributed by atoms with Gasteiger partial charge in [-0.05, 0) is 52.5 Å². The fraction of sp³-hybridized carbons (Fsp3) is 0.333. The summed E-state index contributed by atoms with van der Waals surface area (Å²) in [5, 5.41) is 0. The molecule has 1 heterocycles. The van der Waals surface area contributed by atoms with E-state index >= 15 is 0 Å². The van der Waals surface area contributed by atoms with Crippen molar-refractivity contribution in [2.45, 2.75) is 25.8 Å². The van der Waals surface area contributed by atoms with E-state index in [-0.39, 0.29) is 11.8 Å². The van der Waals surface area contributed by atoms with E-state index in [2.05, 4.69) is 20.9 Å². The van der Waals surface area contributed by atoms with Gasteiger partial charge in [0.15, 0.2) is 0 Å². The Bertz CT molecular complexity index is 684. The highest BCUT2D eigenvalue weighted by molar-refractivity contribution is 9.10. The highest BCUT2D eigenvalue weighted by Gasteiger charge is 2.31. The van der Waals surface area contributed by atoms with Crippen molar-refractivity contribution in [2.75, 3.05) is 12.0 Å². The van der Waals surface area contributed by atoms with Gasteiger partial charge in [0.25, 0.3) is 0 Å². The van der Waals surface area contributed by atoms with Crippen LogP contribution in [0.3, 0.4) is 0 Å². The lowest BCUT2D eigenvalue weighted by molar-refractivity contribution is -0.124. The van der Waals surface area contributed by atoms with Crippen LogP contribution in [0.25, 0.3) is 0 Å². The third-order valence-electron chi connectivity index (χ3n) is 4.26. The number of rotatable bonds is 5. The fourth-order valence-corrected chi connectivity index (χ4v) is 3.07. The average molecular weight is 375 g/mol. The van der Waals surface area contributed by atoms with E-state index in [1.807, 2.05) is 35.2 Å². The smallest absolute Gasteiger partial charge is 0.230 e. The van der Waals surface area contributed by atoms with E-state index in [0.717, 1.165) is 40.7 Å². The fourth-order valence-electron chi connectivity index (χ4n) is 2.64. The van der Waals surface area contributed by atoms with Crippen LogP contribution in [0.5, 0.6) is 5.75 Å². The van der Waals surface area contributed by atoms with Crippen LogP contribution >= 0.6 is 15.9 Å². The third kappa shape index (κ3) is 3.55. The molecule has 0 bridgehead atoms. The van der Waals surface area contributed by atoms with Crippen molar-refractivity contribution in [1.82, 2.24) is 4.98 Å². The summed E-state index contributed by atoms with van der Waals surface area (Å²) in [6.45, 7) is 0.531. The number of methoxy groups -OCH3 is 1. The largest absolute Gasteiger partial charge is 0.497 e. The Hall–Kier alpha value is -1.88. The number of aromatic nitrogens is 1. The van der Waals surface area contributed by atoms with Crippen molar-refractivity contribution in [2.24, 2.45) is 5.92 Å². The van der Waals surface area contributed by atoms with Crippen molar-refractivity contribution in [3.05, 3.63) is 52.8 Å². The molecular formula is C18H19BrN2O2. The molecule has 1 amide bonds. The molecule has 4 nitrogen and oxygen atoms in total. The van der Waals surface area contributed by atoms with Crippen LogP contribution in [-0.4, -0.2) is 18.0 Å². The number of hydrogen-bond donors (Lipinski definition) is 0. The second-order valence-electron chi connectivity index (χ2n) is 5.73. The van der Waals surface area contributed by atoms with Crippen LogP contribution in [0.4, 0.5) is 5.69 Å². The van der Waals surface area contributed by atoms with Crippen LogP contribution in [0.2, 0.25) is 0 Å². The maximum absolute atomic E-state index is 12.9. The zero-order chi connectivity index (χ0) is 16.2. The number of hydrogen-bond acceptors (Lipinski definition) is 3. The minimum atomic E-state index is 0.139. The van der Waals surface area contributed by atoms with Gasteiger partial charge in [0.1, 0.15) is 5.75 Å². The lowest BCUT2D eigenvalue weighted by Crippen LogP contribution is -2.38. The Morgan fingerprint density at radius 2 is 2.04 bits per heavy atom. The van der Waals surface area contributed by atoms with Gasteiger partial charge in [0, 0.05) is 16.6 Å². The summed E-state index contributed by atoms with van der Waals surface area (Å²) in [6, 6.07) is 9.68. The lowest BCUT2D eigenvalue weighted by atomic mass is 9.84. The topological polar surface area (TPSA) is 42.4 Å². The standard InChI is InChI=1S/C18H19BrN2O2/c1-23-15-7-5-13(6-8-15)12-21(18(22)14-3-2-4-14)17-11-20-10-9-16(17)19/h5-11,14H,2-4,12H2,1H3. The van der Waals surface area contributed by atoms with Gasteiger partial charge >= 0.3 is 0 Å². The number of carbonyl (C=O) groups excluding carboxylic acids is 1. The molecule has 0 saturated heterocycles. The normalized spacial score (nSPS) is 14.2. The molecule has 0 aliphatic heterocycles. The molecule has 1 aromatic heterocycles. The first-order chi connectivity index (χ1) is 11.2. The van der Waals surface area contributed by atoms with Gasteiger partial charge in [-0.2, -0.15) is 0 Å². The quantitative estimate of drug-likeness (QED) is 0.787. The highest BCUT2D eigenvalue weighted by atomic mass is 79.9. The summed E-state index contributed by atoms with van der Waals surface area (Å²) in [5.41, 5.74) is 1.88. The van der Waals surface area contributed by atoms with Crippen LogP contribution in [-0.2, 0) is 11.3 Å². The molecule has 23 heavy (non-hydrogen) atoms. The minimum Gasteiger partial charge on any atom is -0.497 e. The molecule has 0 spiro atoms. The monoisotopic (exact) mass is 374 g/mol. The predicted molar refractivity (Wildman–Crippen MR) is 93.5 cm³/mol. The summed E-state index contributed by atoms with van der Waals surface area (Å²) in [4.78, 5) is 18.9. The second kappa shape index (κ2) is 7.13. The Morgan fingerprint density at radius 3 is 2.61 bits per heavy atom. The SMILES string of the molecule is COc1ccc(CN(C(=O)C2CCC2)c2cnccc2Br)cc1. The summed E-state index contributed by atoms with van der Waals surface area (Å²) < 4.78 is 6.08. The van der Waals surface area contributed by atoms with Crippen LogP contribution < -0.4 is 9.64 Å². The first-order valence-corrected chi connectivity index (χ1v) is 8.52. The number of ether oxygens (including phenoxy) is 1. The minimum absolute atomic E-state index is 0.139. The first-order valence-electron chi connectivity index (χ1n) is 7.73. The molecule has 120 valence electrons. The number of nitrogens with zero attached hydrogens (tertiary/aromatic N) is 2. The van der Waals surface area contributed by atoms with Gasteiger partial charge in [-0.3, -0.25) is 9.78 Å². The van der Waals surface area contributed by atoms with Gasteiger partial charge in [0.2, 0.25) is 5.91 Å². The highest BCUT2D eigenvalue weighted by Crippen LogP contribution is 2.33. The number of pyridine rings is 1. The Balaban J connectivity index is 1.87. The van der Waals surface area contributed by atoms with Crippen LogP contribution in [0.1, 0.15) is 24.8 Å². The van der Waals surface area contributed by atoms with E-state index in [1.54, 1.807) is 19.5 Å². The number of amides is 1. The van der Waals surface area contributed by atoms with Gasteiger partial charge in [-0.15, -0.1) is 0 Å². The van der Waals surface area contributed by atoms with Crippen LogP contribution in [0.15, 0.2) is 47.2 Å². The van der Waals surface area contributed by atoms with Gasteiger partial charge in [0.05, 0.1) is 25.5 Å². The van der Waals surface area contributed by atoms with E-state index < -0.39 is 0 Å². The molecule has 2 aromatic rings. The first kappa shape index (κ1) is 16.0. The van der Waals surface area contributed by atoms with Crippen molar-refractivity contribution < 1.29 is 9.53 Å². The summed E-state index contributed by atoms with van der Waals surface area (Å²) >= 11 is 3.54. The Morgan fingerprint density at radius 1 is 1.30 bits per heavy atom. The number of halogens is 1. The Labute approximate surface area is 144 Å². The van der Waals surface area contributed by atoms with E-state index in [4.69, 9.17) is 4.74 Å². The number of carbonyl (C=O) groups is 1. The van der Waals surface area contributed by atoms with Gasteiger partial charge in [-0.25, -0.2) is 0 Å². The number of anilines is 1. The molecule has 1 saturated carbocycles. The summed E-state index contributed by atoms with van der Waals surface area (Å²) in [7, 11) is 1.65. The molecule has 1 fully saturated rings. The van der Waals surface area contributed by atoms with Gasteiger partial charge in [-0.1, -0.05) is 18.6 Å². The zero-order valence-corrected chi connectivity index (χ0v) is 14.6. The van der Waals surface area contributed by atoms with Gasteiger partial charge < -0.3 is 9.64 Å². The van der Waals surface area contributed by atoms with Crippen LogP contribution in [0, 0.1) is 5.92 Å². The molecule has 1 aliphatic carbocycles. The molecule has 1 aromatic carbocycles. The molecular weight excluding hydrogens is 356 g/mol.